The van der Waals surface area contributed by atoms with Gasteiger partial charge >= 0.3 is 0 Å². The van der Waals surface area contributed by atoms with Gasteiger partial charge in [-0.05, 0) is 43.2 Å². The minimum atomic E-state index is 0.280. The summed E-state index contributed by atoms with van der Waals surface area (Å²) in [5, 5.41) is 7.12. The lowest BCUT2D eigenvalue weighted by molar-refractivity contribution is -0.128. The first-order chi connectivity index (χ1) is 15.2. The molecule has 2 aliphatic heterocycles. The molecule has 0 atom stereocenters. The molecular weight excluding hydrogens is 386 g/mol. The van der Waals surface area contributed by atoms with Gasteiger partial charge in [0, 0.05) is 58.3 Å². The predicted molar refractivity (Wildman–Crippen MR) is 126 cm³/mol. The van der Waals surface area contributed by atoms with Gasteiger partial charge in [-0.15, -0.1) is 0 Å². The molecule has 170 valence electrons. The SMILES string of the molecule is CN=C(NCc1cccc(CN2CCCC2=O)c1)NC1CCN(C2CCCCC2)CC1. The quantitative estimate of drug-likeness (QED) is 0.543. The summed E-state index contributed by atoms with van der Waals surface area (Å²) in [6.07, 6.45) is 11.1. The molecule has 4 rings (SSSR count). The zero-order valence-corrected chi connectivity index (χ0v) is 19.1. The molecule has 6 heteroatoms. The van der Waals surface area contributed by atoms with Crippen molar-refractivity contribution in [1.82, 2.24) is 20.4 Å². The molecule has 0 radical (unpaired) electrons. The number of benzene rings is 1. The van der Waals surface area contributed by atoms with Crippen molar-refractivity contribution in [3.8, 4) is 0 Å². The fourth-order valence-electron chi connectivity index (χ4n) is 5.36. The molecule has 1 aliphatic carbocycles. The molecule has 3 aliphatic rings. The van der Waals surface area contributed by atoms with E-state index in [1.807, 2.05) is 11.9 Å². The average Bonchev–Trinajstić information content (AvgIpc) is 3.22. The van der Waals surface area contributed by atoms with Crippen molar-refractivity contribution in [2.75, 3.05) is 26.7 Å². The van der Waals surface area contributed by atoms with E-state index >= 15 is 0 Å². The summed E-state index contributed by atoms with van der Waals surface area (Å²) in [5.74, 6) is 1.17. The smallest absolute Gasteiger partial charge is 0.222 e. The number of amides is 1. The highest BCUT2D eigenvalue weighted by atomic mass is 16.2. The Bertz CT molecular complexity index is 750. The van der Waals surface area contributed by atoms with Gasteiger partial charge < -0.3 is 20.4 Å². The van der Waals surface area contributed by atoms with Crippen LogP contribution in [0.3, 0.4) is 0 Å². The first-order valence-corrected chi connectivity index (χ1v) is 12.3. The topological polar surface area (TPSA) is 60.0 Å². The van der Waals surface area contributed by atoms with Crippen LogP contribution in [-0.4, -0.2) is 60.4 Å². The van der Waals surface area contributed by atoms with Crippen molar-refractivity contribution >= 4 is 11.9 Å². The van der Waals surface area contributed by atoms with Crippen LogP contribution in [0.2, 0.25) is 0 Å². The second-order valence-corrected chi connectivity index (χ2v) is 9.41. The van der Waals surface area contributed by atoms with Crippen LogP contribution >= 0.6 is 0 Å². The van der Waals surface area contributed by atoms with Gasteiger partial charge in [0.05, 0.1) is 0 Å². The number of guanidine groups is 1. The molecule has 0 aromatic heterocycles. The van der Waals surface area contributed by atoms with E-state index in [0.29, 0.717) is 12.5 Å². The minimum Gasteiger partial charge on any atom is -0.354 e. The summed E-state index contributed by atoms with van der Waals surface area (Å²) < 4.78 is 0. The summed E-state index contributed by atoms with van der Waals surface area (Å²) >= 11 is 0. The molecule has 1 amide bonds. The van der Waals surface area contributed by atoms with Crippen LogP contribution in [0, 0.1) is 0 Å². The molecular formula is C25H39N5O. The third-order valence-corrected chi connectivity index (χ3v) is 7.18. The summed E-state index contributed by atoms with van der Waals surface area (Å²) in [6, 6.07) is 9.87. The number of carbonyl (C=O) groups is 1. The Morgan fingerprint density at radius 1 is 1.03 bits per heavy atom. The molecule has 3 fully saturated rings. The number of hydrogen-bond donors (Lipinski definition) is 2. The van der Waals surface area contributed by atoms with Crippen LogP contribution in [0.25, 0.3) is 0 Å². The molecule has 31 heavy (non-hydrogen) atoms. The Kier molecular flexibility index (Phi) is 7.84. The monoisotopic (exact) mass is 425 g/mol. The number of hydrogen-bond acceptors (Lipinski definition) is 3. The molecule has 1 saturated carbocycles. The van der Waals surface area contributed by atoms with Crippen LogP contribution in [0.5, 0.6) is 0 Å². The molecule has 0 bridgehead atoms. The number of piperidine rings is 1. The van der Waals surface area contributed by atoms with Crippen LogP contribution in [0.4, 0.5) is 0 Å². The molecule has 6 nitrogen and oxygen atoms in total. The van der Waals surface area contributed by atoms with Crippen LogP contribution < -0.4 is 10.6 Å². The molecule has 1 aromatic rings. The Balaban J connectivity index is 1.22. The van der Waals surface area contributed by atoms with Gasteiger partial charge in [0.25, 0.3) is 0 Å². The van der Waals surface area contributed by atoms with Gasteiger partial charge in [-0.2, -0.15) is 0 Å². The largest absolute Gasteiger partial charge is 0.354 e. The summed E-state index contributed by atoms with van der Waals surface area (Å²) in [4.78, 5) is 21.0. The second-order valence-electron chi connectivity index (χ2n) is 9.41. The van der Waals surface area contributed by atoms with Crippen molar-refractivity contribution in [3.63, 3.8) is 0 Å². The van der Waals surface area contributed by atoms with E-state index in [2.05, 4.69) is 44.8 Å². The summed E-state index contributed by atoms with van der Waals surface area (Å²) in [7, 11) is 1.85. The highest BCUT2D eigenvalue weighted by Crippen LogP contribution is 2.25. The third kappa shape index (κ3) is 6.22. The summed E-state index contributed by atoms with van der Waals surface area (Å²) in [6.45, 7) is 4.76. The van der Waals surface area contributed by atoms with Gasteiger partial charge in [0.2, 0.25) is 5.91 Å². The molecule has 0 unspecified atom stereocenters. The van der Waals surface area contributed by atoms with E-state index in [4.69, 9.17) is 0 Å². The molecule has 1 aromatic carbocycles. The van der Waals surface area contributed by atoms with E-state index in [0.717, 1.165) is 38.1 Å². The zero-order valence-electron chi connectivity index (χ0n) is 19.1. The average molecular weight is 426 g/mol. The van der Waals surface area contributed by atoms with Crippen molar-refractivity contribution in [2.24, 2.45) is 4.99 Å². The first kappa shape index (κ1) is 22.1. The Morgan fingerprint density at radius 3 is 2.52 bits per heavy atom. The maximum atomic E-state index is 11.9. The maximum Gasteiger partial charge on any atom is 0.222 e. The van der Waals surface area contributed by atoms with E-state index in [9.17, 15) is 4.79 Å². The highest BCUT2D eigenvalue weighted by Gasteiger charge is 2.26. The summed E-state index contributed by atoms with van der Waals surface area (Å²) in [5.41, 5.74) is 2.42. The minimum absolute atomic E-state index is 0.280. The molecule has 2 saturated heterocycles. The van der Waals surface area contributed by atoms with E-state index in [1.165, 1.54) is 69.2 Å². The normalized spacial score (nSPS) is 22.2. The molecule has 2 N–H and O–H groups in total. The standard InChI is InChI=1S/C25H39N5O/c1-26-25(28-22-12-15-29(16-13-22)23-9-3-2-4-10-23)27-18-20-7-5-8-21(17-20)19-30-14-6-11-24(30)31/h5,7-8,17,22-23H,2-4,6,9-16,18-19H2,1H3,(H2,26,27,28). The van der Waals surface area contributed by atoms with Crippen LogP contribution in [-0.2, 0) is 17.9 Å². The fourth-order valence-corrected chi connectivity index (χ4v) is 5.36. The van der Waals surface area contributed by atoms with Crippen molar-refractivity contribution in [3.05, 3.63) is 35.4 Å². The molecule has 2 heterocycles. The van der Waals surface area contributed by atoms with E-state index < -0.39 is 0 Å². The van der Waals surface area contributed by atoms with E-state index in [-0.39, 0.29) is 5.91 Å². The lowest BCUT2D eigenvalue weighted by Crippen LogP contribution is -2.50. The van der Waals surface area contributed by atoms with Gasteiger partial charge in [0.1, 0.15) is 0 Å². The Labute approximate surface area is 187 Å². The second kappa shape index (κ2) is 11.0. The Hall–Kier alpha value is -2.08. The zero-order chi connectivity index (χ0) is 21.5. The van der Waals surface area contributed by atoms with Crippen molar-refractivity contribution in [1.29, 1.82) is 0 Å². The number of aliphatic imine (C=N–C) groups is 1. The number of carbonyl (C=O) groups excluding carboxylic acids is 1. The van der Waals surface area contributed by atoms with Crippen molar-refractivity contribution in [2.45, 2.75) is 83.0 Å². The lowest BCUT2D eigenvalue weighted by Gasteiger charge is -2.39. The number of likely N-dealkylation sites (tertiary alicyclic amines) is 2. The van der Waals surface area contributed by atoms with Gasteiger partial charge in [-0.3, -0.25) is 9.79 Å². The number of rotatable bonds is 6. The fraction of sp³-hybridized carbons (Fsp3) is 0.680. The van der Waals surface area contributed by atoms with E-state index in [1.54, 1.807) is 0 Å². The number of nitrogens with zero attached hydrogens (tertiary/aromatic N) is 3. The Morgan fingerprint density at radius 2 is 1.81 bits per heavy atom. The van der Waals surface area contributed by atoms with Crippen LogP contribution in [0.15, 0.2) is 29.3 Å². The van der Waals surface area contributed by atoms with Crippen LogP contribution in [0.1, 0.15) is 68.9 Å². The molecule has 0 spiro atoms. The lowest BCUT2D eigenvalue weighted by atomic mass is 9.92. The maximum absolute atomic E-state index is 11.9. The van der Waals surface area contributed by atoms with Gasteiger partial charge in [-0.1, -0.05) is 43.5 Å². The predicted octanol–water partition coefficient (Wildman–Crippen LogP) is 3.27. The highest BCUT2D eigenvalue weighted by molar-refractivity contribution is 5.80. The number of nitrogens with one attached hydrogen (secondary N) is 2. The van der Waals surface area contributed by atoms with Gasteiger partial charge in [-0.25, -0.2) is 0 Å². The van der Waals surface area contributed by atoms with Crippen molar-refractivity contribution < 1.29 is 4.79 Å². The third-order valence-electron chi connectivity index (χ3n) is 7.18. The van der Waals surface area contributed by atoms with Gasteiger partial charge in [0.15, 0.2) is 5.96 Å². The first-order valence-electron chi connectivity index (χ1n) is 12.3.